The van der Waals surface area contributed by atoms with E-state index in [1.54, 1.807) is 30.3 Å². The summed E-state index contributed by atoms with van der Waals surface area (Å²) in [6.07, 6.45) is 0.297. The molecule has 1 rings (SSSR count). The number of nitrogens with zero attached hydrogens (tertiary/aromatic N) is 4. The van der Waals surface area contributed by atoms with E-state index in [1.807, 2.05) is 13.8 Å². The van der Waals surface area contributed by atoms with E-state index in [-0.39, 0.29) is 120 Å². The predicted octanol–water partition coefficient (Wildman–Crippen LogP) is -5.26. The molecular formula is C42H77N19O7. The monoisotopic (exact) mass is 960 g/mol. The third-order valence-electron chi connectivity index (χ3n) is 9.86. The van der Waals surface area contributed by atoms with Crippen molar-refractivity contribution in [3.05, 3.63) is 35.9 Å². The molecule has 25 N–H and O–H groups in total. The molecule has 0 fully saturated rings. The zero-order valence-corrected chi connectivity index (χ0v) is 39.5. The van der Waals surface area contributed by atoms with Crippen LogP contribution >= 0.6 is 0 Å². The van der Waals surface area contributed by atoms with Crippen LogP contribution in [0, 0.1) is 5.92 Å². The number of carbonyl (C=O) groups is 6. The Balaban J connectivity index is 3.62. The van der Waals surface area contributed by atoms with Crippen molar-refractivity contribution in [2.75, 3.05) is 32.7 Å². The number of carbonyl (C=O) groups excluding carboxylic acids is 6. The van der Waals surface area contributed by atoms with Crippen LogP contribution in [0.4, 0.5) is 0 Å². The molecule has 0 aliphatic rings. The number of nitrogens with one attached hydrogen (secondary N) is 6. The maximum atomic E-state index is 14.3. The quantitative estimate of drug-likeness (QED) is 0.0178. The molecule has 1 aromatic carbocycles. The summed E-state index contributed by atoms with van der Waals surface area (Å²) in [6.45, 7) is 5.54. The smallest absolute Gasteiger partial charge is 0.243 e. The van der Waals surface area contributed by atoms with Gasteiger partial charge in [-0.05, 0) is 76.2 Å². The molecule has 26 heteroatoms. The van der Waals surface area contributed by atoms with Crippen molar-refractivity contribution in [3.63, 3.8) is 0 Å². The SMILES string of the molecule is CC(C)C[C@H](N)C(=O)N[C@@H](CCCN=C(N)N)C(=O)N[C@@H](CCCN=C(N)N)C(=O)N[C@@H](CCCN=C(N)N)C(=O)N[C@@H](CCCN=C(N)N)C(=O)N[C@@H](Cc1ccccc1)C(=O)NC[C@@H](C)O. The number of aliphatic hydroxyl groups excluding tert-OH is 1. The lowest BCUT2D eigenvalue weighted by Gasteiger charge is -2.27. The molecule has 0 saturated carbocycles. The van der Waals surface area contributed by atoms with E-state index in [0.717, 1.165) is 5.56 Å². The number of aliphatic hydroxyl groups is 1. The van der Waals surface area contributed by atoms with Crippen LogP contribution in [0.25, 0.3) is 0 Å². The molecule has 0 aliphatic heterocycles. The zero-order chi connectivity index (χ0) is 51.2. The van der Waals surface area contributed by atoms with E-state index < -0.39 is 77.8 Å². The number of hydrogen-bond acceptors (Lipinski definition) is 12. The normalized spacial score (nSPS) is 13.9. The molecule has 0 radical (unpaired) electrons. The van der Waals surface area contributed by atoms with Crippen LogP contribution in [0.2, 0.25) is 0 Å². The third-order valence-corrected chi connectivity index (χ3v) is 9.86. The fourth-order valence-corrected chi connectivity index (χ4v) is 6.50. The molecule has 0 heterocycles. The Bertz CT molecular complexity index is 1850. The maximum absolute atomic E-state index is 14.3. The second kappa shape index (κ2) is 32.7. The van der Waals surface area contributed by atoms with Crippen molar-refractivity contribution in [1.82, 2.24) is 31.9 Å². The summed E-state index contributed by atoms with van der Waals surface area (Å²) >= 11 is 0. The van der Waals surface area contributed by atoms with E-state index >= 15 is 0 Å². The van der Waals surface area contributed by atoms with Crippen molar-refractivity contribution < 1.29 is 33.9 Å². The van der Waals surface area contributed by atoms with Crippen molar-refractivity contribution in [2.45, 2.75) is 127 Å². The van der Waals surface area contributed by atoms with Crippen LogP contribution in [-0.4, -0.2) is 139 Å². The molecule has 0 unspecified atom stereocenters. The lowest BCUT2D eigenvalue weighted by atomic mass is 10.0. The molecule has 0 aromatic heterocycles. The van der Waals surface area contributed by atoms with Gasteiger partial charge in [-0.15, -0.1) is 0 Å². The van der Waals surface area contributed by atoms with E-state index in [9.17, 15) is 33.9 Å². The summed E-state index contributed by atoms with van der Waals surface area (Å²) < 4.78 is 0. The summed E-state index contributed by atoms with van der Waals surface area (Å²) in [4.78, 5) is 99.1. The van der Waals surface area contributed by atoms with Crippen LogP contribution in [0.3, 0.4) is 0 Å². The Morgan fingerprint density at radius 2 is 0.824 bits per heavy atom. The van der Waals surface area contributed by atoms with Gasteiger partial charge < -0.3 is 88.6 Å². The third kappa shape index (κ3) is 26.9. The molecule has 7 atom stereocenters. The van der Waals surface area contributed by atoms with E-state index in [4.69, 9.17) is 51.6 Å². The maximum Gasteiger partial charge on any atom is 0.243 e. The molecule has 1 aromatic rings. The first-order valence-corrected chi connectivity index (χ1v) is 22.6. The molecule has 0 bridgehead atoms. The number of guanidine groups is 4. The van der Waals surface area contributed by atoms with Crippen LogP contribution in [-0.2, 0) is 35.2 Å². The Morgan fingerprint density at radius 3 is 1.13 bits per heavy atom. The molecule has 68 heavy (non-hydrogen) atoms. The van der Waals surface area contributed by atoms with Crippen molar-refractivity contribution in [2.24, 2.45) is 77.5 Å². The Kier molecular flexibility index (Phi) is 28.4. The first kappa shape index (κ1) is 59.1. The highest BCUT2D eigenvalue weighted by Crippen LogP contribution is 2.10. The van der Waals surface area contributed by atoms with Crippen LogP contribution in [0.1, 0.15) is 84.1 Å². The van der Waals surface area contributed by atoms with Gasteiger partial charge in [-0.2, -0.15) is 0 Å². The lowest BCUT2D eigenvalue weighted by molar-refractivity contribution is -0.135. The van der Waals surface area contributed by atoms with Crippen LogP contribution in [0.15, 0.2) is 50.3 Å². The standard InChI is InChI=1S/C42H77N19O7/c1-24(2)21-27(43)33(63)57-28(13-7-17-52-39(44)45)35(65)58-29(14-8-18-53-40(46)47)36(66)59-30(15-9-19-54-41(48)49)37(67)60-31(16-10-20-55-42(50)51)38(68)61-32(34(64)56-23-25(3)62)22-26-11-5-4-6-12-26/h4-6,11-12,24-25,27-32,62H,7-10,13-23,43H2,1-3H3,(H,56,64)(H,57,63)(H,58,65)(H,59,66)(H,60,67)(H,61,68)(H4,44,45,52)(H4,46,47,53)(H4,48,49,54)(H4,50,51,55)/t25-,27+,28+,29+,30+,31+,32+/m1/s1. The van der Waals surface area contributed by atoms with Crippen LogP contribution in [0.5, 0.6) is 0 Å². The second-order valence-electron chi connectivity index (χ2n) is 16.6. The van der Waals surface area contributed by atoms with Gasteiger partial charge in [0.2, 0.25) is 35.4 Å². The Labute approximate surface area is 397 Å². The summed E-state index contributed by atoms with van der Waals surface area (Å²) in [5, 5.41) is 26.0. The van der Waals surface area contributed by atoms with Gasteiger partial charge >= 0.3 is 0 Å². The van der Waals surface area contributed by atoms with Crippen molar-refractivity contribution in [1.29, 1.82) is 0 Å². The fraction of sp³-hybridized carbons (Fsp3) is 0.619. The molecule has 382 valence electrons. The van der Waals surface area contributed by atoms with Gasteiger partial charge in [0.1, 0.15) is 30.2 Å². The number of amides is 6. The largest absolute Gasteiger partial charge is 0.392 e. The average molecular weight is 960 g/mol. The highest BCUT2D eigenvalue weighted by molar-refractivity contribution is 5.96. The topological polar surface area (TPSA) is 478 Å². The van der Waals surface area contributed by atoms with Gasteiger partial charge in [-0.1, -0.05) is 44.2 Å². The highest BCUT2D eigenvalue weighted by Gasteiger charge is 2.33. The van der Waals surface area contributed by atoms with Gasteiger partial charge in [-0.25, -0.2) is 0 Å². The molecular weight excluding hydrogens is 883 g/mol. The summed E-state index contributed by atoms with van der Waals surface area (Å²) in [7, 11) is 0. The lowest BCUT2D eigenvalue weighted by Crippen LogP contribution is -2.59. The van der Waals surface area contributed by atoms with Gasteiger partial charge in [0.05, 0.1) is 12.1 Å². The van der Waals surface area contributed by atoms with Gasteiger partial charge in [0, 0.05) is 39.1 Å². The number of benzene rings is 1. The van der Waals surface area contributed by atoms with Gasteiger partial charge in [0.15, 0.2) is 23.8 Å². The average Bonchev–Trinajstić information content (AvgIpc) is 3.26. The van der Waals surface area contributed by atoms with Gasteiger partial charge in [-0.3, -0.25) is 48.7 Å². The Hall–Kier alpha value is -6.96. The van der Waals surface area contributed by atoms with Crippen molar-refractivity contribution >= 4 is 59.3 Å². The predicted molar refractivity (Wildman–Crippen MR) is 262 cm³/mol. The van der Waals surface area contributed by atoms with Crippen molar-refractivity contribution in [3.8, 4) is 0 Å². The zero-order valence-electron chi connectivity index (χ0n) is 39.5. The molecule has 0 spiro atoms. The molecule has 26 nitrogen and oxygen atoms in total. The highest BCUT2D eigenvalue weighted by atomic mass is 16.3. The fourth-order valence-electron chi connectivity index (χ4n) is 6.50. The summed E-state index contributed by atoms with van der Waals surface area (Å²) in [6, 6.07) is 1.68. The molecule has 0 aliphatic carbocycles. The number of nitrogens with two attached hydrogens (primary N) is 9. The minimum atomic E-state index is -1.35. The van der Waals surface area contributed by atoms with E-state index in [0.29, 0.717) is 6.42 Å². The Morgan fingerprint density at radius 1 is 0.500 bits per heavy atom. The second-order valence-corrected chi connectivity index (χ2v) is 16.6. The van der Waals surface area contributed by atoms with E-state index in [2.05, 4.69) is 51.9 Å². The number of hydrogen-bond donors (Lipinski definition) is 16. The van der Waals surface area contributed by atoms with E-state index in [1.165, 1.54) is 6.92 Å². The first-order valence-electron chi connectivity index (χ1n) is 22.6. The minimum absolute atomic E-state index is 0.0169. The molecule has 0 saturated heterocycles. The number of rotatable bonds is 33. The summed E-state index contributed by atoms with van der Waals surface area (Å²) in [5.74, 6) is -4.95. The summed E-state index contributed by atoms with van der Waals surface area (Å²) in [5.41, 5.74) is 50.9. The minimum Gasteiger partial charge on any atom is -0.392 e. The van der Waals surface area contributed by atoms with Gasteiger partial charge in [0.25, 0.3) is 0 Å². The molecule has 6 amide bonds. The number of aliphatic imine (C=N–C) groups is 4. The first-order chi connectivity index (χ1) is 32.1. The van der Waals surface area contributed by atoms with Crippen LogP contribution < -0.4 is 83.5 Å².